The van der Waals surface area contributed by atoms with Gasteiger partial charge in [0.1, 0.15) is 0 Å². The molecule has 0 heteroatoms. The van der Waals surface area contributed by atoms with E-state index in [4.69, 9.17) is 0 Å². The van der Waals surface area contributed by atoms with Gasteiger partial charge < -0.3 is 0 Å². The third kappa shape index (κ3) is 3.54. The monoisotopic (exact) mass is 200 g/mol. The molecule has 1 aliphatic rings. The van der Waals surface area contributed by atoms with E-state index in [9.17, 15) is 0 Å². The van der Waals surface area contributed by atoms with Crippen LogP contribution in [-0.4, -0.2) is 0 Å². The Balaban J connectivity index is 1.97. The van der Waals surface area contributed by atoms with Gasteiger partial charge in [-0.1, -0.05) is 54.8 Å². The Hall–Kier alpha value is -1.04. The lowest BCUT2D eigenvalue weighted by molar-refractivity contribution is 0.619. The van der Waals surface area contributed by atoms with Crippen molar-refractivity contribution < 1.29 is 0 Å². The maximum atomic E-state index is 2.48. The number of benzene rings is 1. The Morgan fingerprint density at radius 3 is 2.53 bits per heavy atom. The van der Waals surface area contributed by atoms with E-state index in [0.29, 0.717) is 0 Å². The first-order valence-electron chi connectivity index (χ1n) is 6.17. The summed E-state index contributed by atoms with van der Waals surface area (Å²) in [7, 11) is 0. The minimum Gasteiger partial charge on any atom is -0.0850 e. The lowest BCUT2D eigenvalue weighted by atomic mass is 9.95. The van der Waals surface area contributed by atoms with Crippen LogP contribution in [0.5, 0.6) is 0 Å². The molecule has 0 fully saturated rings. The number of rotatable bonds is 2. The molecule has 1 aliphatic carbocycles. The lowest BCUT2D eigenvalue weighted by Crippen LogP contribution is -1.94. The normalized spacial score (nSPS) is 21.2. The molecule has 80 valence electrons. The number of hydrogen-bond donors (Lipinski definition) is 0. The molecule has 0 aromatic heterocycles. The zero-order chi connectivity index (χ0) is 10.3. The predicted octanol–water partition coefficient (Wildman–Crippen LogP) is 4.51. The van der Waals surface area contributed by atoms with Crippen molar-refractivity contribution in [3.05, 3.63) is 47.5 Å². The summed E-state index contributed by atoms with van der Waals surface area (Å²) in [6.45, 7) is 0. The Morgan fingerprint density at radius 1 is 0.867 bits per heavy atom. The molecule has 0 atom stereocenters. The largest absolute Gasteiger partial charge is 0.0850 e. The Labute approximate surface area is 93.0 Å². The highest BCUT2D eigenvalue weighted by Gasteiger charge is 2.02. The summed E-state index contributed by atoms with van der Waals surface area (Å²) in [5.41, 5.74) is 3.12. The van der Waals surface area contributed by atoms with Gasteiger partial charge in [0.25, 0.3) is 0 Å². The summed E-state index contributed by atoms with van der Waals surface area (Å²) in [6.07, 6.45) is 11.9. The van der Waals surface area contributed by atoms with Crippen molar-refractivity contribution in [2.75, 3.05) is 0 Å². The molecule has 1 aromatic rings. The first kappa shape index (κ1) is 10.5. The second-order valence-electron chi connectivity index (χ2n) is 4.48. The molecule has 1 aromatic carbocycles. The van der Waals surface area contributed by atoms with Gasteiger partial charge in [-0.3, -0.25) is 0 Å². The van der Waals surface area contributed by atoms with Crippen molar-refractivity contribution in [2.24, 2.45) is 0 Å². The average molecular weight is 200 g/mol. The fraction of sp³-hybridized carbons (Fsp3) is 0.467. The van der Waals surface area contributed by atoms with Crippen molar-refractivity contribution in [2.45, 2.75) is 44.9 Å². The van der Waals surface area contributed by atoms with Gasteiger partial charge in [0.05, 0.1) is 0 Å². The number of hydrogen-bond acceptors (Lipinski definition) is 0. The van der Waals surface area contributed by atoms with Crippen LogP contribution in [0.25, 0.3) is 0 Å². The summed E-state index contributed by atoms with van der Waals surface area (Å²) in [4.78, 5) is 0. The van der Waals surface area contributed by atoms with Gasteiger partial charge in [-0.25, -0.2) is 0 Å². The zero-order valence-electron chi connectivity index (χ0n) is 9.41. The van der Waals surface area contributed by atoms with Gasteiger partial charge in [-0.2, -0.15) is 0 Å². The fourth-order valence-corrected chi connectivity index (χ4v) is 2.28. The predicted molar refractivity (Wildman–Crippen MR) is 65.9 cm³/mol. The average Bonchev–Trinajstić information content (AvgIpc) is 2.23. The molecule has 0 radical (unpaired) electrons. The summed E-state index contributed by atoms with van der Waals surface area (Å²) in [5.74, 6) is 0. The topological polar surface area (TPSA) is 0 Å². The highest BCUT2D eigenvalue weighted by molar-refractivity contribution is 5.21. The molecule has 0 saturated carbocycles. The van der Waals surface area contributed by atoms with Crippen molar-refractivity contribution in [3.8, 4) is 0 Å². The van der Waals surface area contributed by atoms with Gasteiger partial charge in [0.2, 0.25) is 0 Å². The molecule has 2 rings (SSSR count). The van der Waals surface area contributed by atoms with Crippen molar-refractivity contribution in [1.82, 2.24) is 0 Å². The van der Waals surface area contributed by atoms with E-state index in [0.717, 1.165) is 0 Å². The minimum atomic E-state index is 1.17. The second-order valence-corrected chi connectivity index (χ2v) is 4.48. The summed E-state index contributed by atoms with van der Waals surface area (Å²) < 4.78 is 0. The van der Waals surface area contributed by atoms with Crippen LogP contribution in [0.1, 0.15) is 44.1 Å². The highest BCUT2D eigenvalue weighted by atomic mass is 14.1. The Morgan fingerprint density at radius 2 is 1.67 bits per heavy atom. The van der Waals surface area contributed by atoms with E-state index in [-0.39, 0.29) is 0 Å². The van der Waals surface area contributed by atoms with Crippen LogP contribution in [0.2, 0.25) is 0 Å². The van der Waals surface area contributed by atoms with Crippen LogP contribution >= 0.6 is 0 Å². The minimum absolute atomic E-state index is 1.17. The molecule has 0 heterocycles. The zero-order valence-corrected chi connectivity index (χ0v) is 9.41. The van der Waals surface area contributed by atoms with E-state index in [1.165, 1.54) is 50.5 Å². The summed E-state index contributed by atoms with van der Waals surface area (Å²) in [6, 6.07) is 10.8. The van der Waals surface area contributed by atoms with Crippen LogP contribution < -0.4 is 0 Å². The van der Waals surface area contributed by atoms with Crippen LogP contribution in [0.3, 0.4) is 0 Å². The van der Waals surface area contributed by atoms with Gasteiger partial charge in [0.15, 0.2) is 0 Å². The van der Waals surface area contributed by atoms with Gasteiger partial charge >= 0.3 is 0 Å². The van der Waals surface area contributed by atoms with E-state index < -0.39 is 0 Å². The molecule has 0 N–H and O–H groups in total. The van der Waals surface area contributed by atoms with E-state index in [1.807, 2.05) is 0 Å². The van der Waals surface area contributed by atoms with Crippen LogP contribution in [0, 0.1) is 0 Å². The quantitative estimate of drug-likeness (QED) is 0.616. The van der Waals surface area contributed by atoms with Crippen molar-refractivity contribution in [1.29, 1.82) is 0 Å². The van der Waals surface area contributed by atoms with E-state index >= 15 is 0 Å². The fourth-order valence-electron chi connectivity index (χ4n) is 2.28. The lowest BCUT2D eigenvalue weighted by Gasteiger charge is -2.11. The Bertz CT molecular complexity index is 308. The Kier molecular flexibility index (Phi) is 4.01. The maximum absolute atomic E-state index is 2.48. The molecule has 0 amide bonds. The molecule has 0 nitrogen and oxygen atoms in total. The first-order valence-corrected chi connectivity index (χ1v) is 6.17. The smallest absolute Gasteiger partial charge is 0.00671 e. The molecular weight excluding hydrogens is 180 g/mol. The van der Waals surface area contributed by atoms with Crippen LogP contribution in [0.4, 0.5) is 0 Å². The highest BCUT2D eigenvalue weighted by Crippen LogP contribution is 2.20. The summed E-state index contributed by atoms with van der Waals surface area (Å²) >= 11 is 0. The van der Waals surface area contributed by atoms with E-state index in [2.05, 4.69) is 36.4 Å². The molecular formula is C15H20. The standard InChI is InChI=1S/C15H20/c1-2-5-9-14(10-6-3-1)13-15-11-7-4-8-12-15/h4,7-9,11-12H,1-3,5-6,10,13H2/b14-9+. The van der Waals surface area contributed by atoms with Crippen molar-refractivity contribution in [3.63, 3.8) is 0 Å². The van der Waals surface area contributed by atoms with E-state index in [1.54, 1.807) is 5.57 Å². The third-order valence-corrected chi connectivity index (χ3v) is 3.16. The van der Waals surface area contributed by atoms with Gasteiger partial charge in [0, 0.05) is 0 Å². The molecule has 0 aliphatic heterocycles. The molecule has 0 bridgehead atoms. The molecule has 0 saturated heterocycles. The molecule has 0 unspecified atom stereocenters. The van der Waals surface area contributed by atoms with Crippen molar-refractivity contribution >= 4 is 0 Å². The van der Waals surface area contributed by atoms with Crippen LogP contribution in [-0.2, 0) is 6.42 Å². The molecule has 15 heavy (non-hydrogen) atoms. The SMILES string of the molecule is C1=C(/Cc2ccccc2)CCCCCC/1. The third-order valence-electron chi connectivity index (χ3n) is 3.16. The maximum Gasteiger partial charge on any atom is -0.00671 e. The molecule has 0 spiro atoms. The van der Waals surface area contributed by atoms with Gasteiger partial charge in [-0.15, -0.1) is 0 Å². The number of allylic oxidation sites excluding steroid dienone is 2. The summed E-state index contributed by atoms with van der Waals surface area (Å²) in [5, 5.41) is 0. The second kappa shape index (κ2) is 5.75. The van der Waals surface area contributed by atoms with Gasteiger partial charge in [-0.05, 0) is 37.7 Å². The first-order chi connectivity index (χ1) is 7.45. The van der Waals surface area contributed by atoms with Crippen LogP contribution in [0.15, 0.2) is 42.0 Å².